The van der Waals surface area contributed by atoms with E-state index in [4.69, 9.17) is 20.8 Å². The molecule has 0 fully saturated rings. The summed E-state index contributed by atoms with van der Waals surface area (Å²) >= 11 is 7.19. The second-order valence-corrected chi connectivity index (χ2v) is 7.21. The second-order valence-electron chi connectivity index (χ2n) is 5.92. The molecule has 2 aromatic heterocycles. The smallest absolute Gasteiger partial charge is 0.266 e. The molecule has 0 aliphatic rings. The van der Waals surface area contributed by atoms with Crippen LogP contribution in [-0.4, -0.2) is 22.9 Å². The van der Waals surface area contributed by atoms with Gasteiger partial charge in [0.1, 0.15) is 17.2 Å². The predicted octanol–water partition coefficient (Wildman–Crippen LogP) is 4.10. The summed E-state index contributed by atoms with van der Waals surface area (Å²) in [6.45, 7) is 3.39. The highest BCUT2D eigenvalue weighted by molar-refractivity contribution is 7.14. The van der Waals surface area contributed by atoms with Gasteiger partial charge in [-0.1, -0.05) is 17.7 Å². The molecular formula is C19H18ClN3O4S. The number of ether oxygens (including phenoxy) is 1. The average molecular weight is 420 g/mol. The number of aromatic nitrogens is 1. The first-order chi connectivity index (χ1) is 13.4. The maximum absolute atomic E-state index is 12.3. The van der Waals surface area contributed by atoms with Crippen molar-refractivity contribution < 1.29 is 18.7 Å². The Labute approximate surface area is 170 Å². The third-order valence-electron chi connectivity index (χ3n) is 3.64. The minimum Gasteiger partial charge on any atom is -0.481 e. The molecule has 1 aromatic carbocycles. The summed E-state index contributed by atoms with van der Waals surface area (Å²) in [4.78, 5) is 27.7. The van der Waals surface area contributed by atoms with E-state index in [1.54, 1.807) is 48.7 Å². The summed E-state index contributed by atoms with van der Waals surface area (Å²) in [5, 5.41) is 8.13. The highest BCUT2D eigenvalue weighted by atomic mass is 35.5. The first-order valence-electron chi connectivity index (χ1n) is 8.43. The first-order valence-corrected chi connectivity index (χ1v) is 9.68. The van der Waals surface area contributed by atoms with Crippen molar-refractivity contribution in [2.45, 2.75) is 26.5 Å². The van der Waals surface area contributed by atoms with Crippen LogP contribution >= 0.6 is 22.9 Å². The van der Waals surface area contributed by atoms with Crippen molar-refractivity contribution in [1.82, 2.24) is 10.3 Å². The monoisotopic (exact) mass is 419 g/mol. The minimum atomic E-state index is -0.723. The van der Waals surface area contributed by atoms with Crippen molar-refractivity contribution in [2.24, 2.45) is 0 Å². The number of rotatable bonds is 7. The van der Waals surface area contributed by atoms with Gasteiger partial charge in [-0.25, -0.2) is 4.98 Å². The normalized spacial score (nSPS) is 11.7. The van der Waals surface area contributed by atoms with Gasteiger partial charge in [-0.05, 0) is 37.3 Å². The Bertz CT molecular complexity index is 985. The van der Waals surface area contributed by atoms with Crippen molar-refractivity contribution in [3.8, 4) is 17.2 Å². The molecule has 1 unspecified atom stereocenters. The number of hydrogen-bond acceptors (Lipinski definition) is 6. The van der Waals surface area contributed by atoms with Gasteiger partial charge < -0.3 is 14.5 Å². The van der Waals surface area contributed by atoms with Gasteiger partial charge in [0.2, 0.25) is 5.91 Å². The lowest BCUT2D eigenvalue weighted by atomic mass is 10.3. The maximum Gasteiger partial charge on any atom is 0.266 e. The molecule has 3 aromatic rings. The number of thiazole rings is 1. The second kappa shape index (κ2) is 8.90. The van der Waals surface area contributed by atoms with Crippen LogP contribution in [0.5, 0.6) is 5.75 Å². The molecule has 9 heteroatoms. The van der Waals surface area contributed by atoms with E-state index in [1.807, 2.05) is 0 Å². The fraction of sp³-hybridized carbons (Fsp3) is 0.211. The molecule has 3 rings (SSSR count). The van der Waals surface area contributed by atoms with E-state index in [1.165, 1.54) is 18.3 Å². The van der Waals surface area contributed by atoms with Crippen LogP contribution in [0.4, 0.5) is 5.13 Å². The summed E-state index contributed by atoms with van der Waals surface area (Å²) in [5.41, 5.74) is 0.595. The Hall–Kier alpha value is -2.84. The Morgan fingerprint density at radius 1 is 1.32 bits per heavy atom. The molecule has 0 bridgehead atoms. The van der Waals surface area contributed by atoms with Gasteiger partial charge in [-0.3, -0.25) is 14.9 Å². The summed E-state index contributed by atoms with van der Waals surface area (Å²) < 4.78 is 11.3. The van der Waals surface area contributed by atoms with E-state index in [2.05, 4.69) is 15.6 Å². The van der Waals surface area contributed by atoms with Crippen LogP contribution in [-0.2, 0) is 16.1 Å². The molecule has 146 valence electrons. The van der Waals surface area contributed by atoms with Crippen molar-refractivity contribution in [2.75, 3.05) is 5.32 Å². The number of nitrogens with one attached hydrogen (secondary N) is 2. The molecule has 2 heterocycles. The fourth-order valence-electron chi connectivity index (χ4n) is 2.27. The summed E-state index contributed by atoms with van der Waals surface area (Å²) in [6.07, 6.45) is -0.723. The Kier molecular flexibility index (Phi) is 6.33. The van der Waals surface area contributed by atoms with E-state index < -0.39 is 6.10 Å². The quantitative estimate of drug-likeness (QED) is 0.601. The van der Waals surface area contributed by atoms with Gasteiger partial charge in [0.15, 0.2) is 17.0 Å². The van der Waals surface area contributed by atoms with Crippen LogP contribution in [0.15, 0.2) is 46.2 Å². The molecule has 0 aliphatic carbocycles. The fourth-order valence-corrected chi connectivity index (χ4v) is 3.15. The van der Waals surface area contributed by atoms with Crippen molar-refractivity contribution >= 4 is 39.9 Å². The summed E-state index contributed by atoms with van der Waals surface area (Å²) in [6, 6.07) is 10.4. The highest BCUT2D eigenvalue weighted by Crippen LogP contribution is 2.27. The number of nitrogens with zero attached hydrogens (tertiary/aromatic N) is 1. The summed E-state index contributed by atoms with van der Waals surface area (Å²) in [5.74, 6) is 1.22. The topological polar surface area (TPSA) is 93.5 Å². The Balaban J connectivity index is 1.59. The van der Waals surface area contributed by atoms with Crippen molar-refractivity contribution in [3.05, 3.63) is 52.6 Å². The zero-order valence-electron chi connectivity index (χ0n) is 15.2. The van der Waals surface area contributed by atoms with Crippen LogP contribution in [0.25, 0.3) is 11.5 Å². The average Bonchev–Trinajstić information content (AvgIpc) is 3.29. The number of halogens is 1. The van der Waals surface area contributed by atoms with Gasteiger partial charge in [0, 0.05) is 17.3 Å². The number of carbonyl (C=O) groups excluding carboxylic acids is 2. The summed E-state index contributed by atoms with van der Waals surface area (Å²) in [7, 11) is 0. The van der Waals surface area contributed by atoms with E-state index in [9.17, 15) is 9.59 Å². The molecule has 0 saturated carbocycles. The van der Waals surface area contributed by atoms with Gasteiger partial charge in [-0.2, -0.15) is 0 Å². The van der Waals surface area contributed by atoms with E-state index in [0.29, 0.717) is 39.7 Å². The van der Waals surface area contributed by atoms with E-state index >= 15 is 0 Å². The first kappa shape index (κ1) is 19.9. The standard InChI is InChI=1S/C19H18ClN3O4S/c1-11(26-14-5-3-4-13(20)8-14)18(25)23-19-22-16(10-28-19)17-7-6-15(27-17)9-21-12(2)24/h3-8,10-11H,9H2,1-2H3,(H,21,24)(H,22,23,25). The molecule has 1 atom stereocenters. The lowest BCUT2D eigenvalue weighted by Gasteiger charge is -2.13. The zero-order valence-corrected chi connectivity index (χ0v) is 16.8. The van der Waals surface area contributed by atoms with Gasteiger partial charge in [0.05, 0.1) is 6.54 Å². The maximum atomic E-state index is 12.3. The molecule has 7 nitrogen and oxygen atoms in total. The third kappa shape index (κ3) is 5.34. The molecule has 0 spiro atoms. The number of hydrogen-bond donors (Lipinski definition) is 2. The van der Waals surface area contributed by atoms with Gasteiger partial charge in [0.25, 0.3) is 5.91 Å². The minimum absolute atomic E-state index is 0.134. The van der Waals surface area contributed by atoms with E-state index in [0.717, 1.165) is 0 Å². The zero-order chi connectivity index (χ0) is 20.1. The van der Waals surface area contributed by atoms with Crippen molar-refractivity contribution in [1.29, 1.82) is 0 Å². The van der Waals surface area contributed by atoms with Crippen LogP contribution < -0.4 is 15.4 Å². The number of anilines is 1. The highest BCUT2D eigenvalue weighted by Gasteiger charge is 2.17. The molecule has 0 radical (unpaired) electrons. The molecule has 0 aliphatic heterocycles. The van der Waals surface area contributed by atoms with E-state index in [-0.39, 0.29) is 11.8 Å². The van der Waals surface area contributed by atoms with Gasteiger partial charge >= 0.3 is 0 Å². The molecular weight excluding hydrogens is 402 g/mol. The molecule has 2 amide bonds. The molecule has 0 saturated heterocycles. The Morgan fingerprint density at radius 2 is 2.14 bits per heavy atom. The number of furan rings is 1. The molecule has 28 heavy (non-hydrogen) atoms. The SMILES string of the molecule is CC(=O)NCc1ccc(-c2csc(NC(=O)C(C)Oc3cccc(Cl)c3)n2)o1. The lowest BCUT2D eigenvalue weighted by Crippen LogP contribution is -2.30. The Morgan fingerprint density at radius 3 is 2.89 bits per heavy atom. The van der Waals surface area contributed by atoms with Crippen LogP contribution in [0.1, 0.15) is 19.6 Å². The largest absolute Gasteiger partial charge is 0.481 e. The third-order valence-corrected chi connectivity index (χ3v) is 4.63. The predicted molar refractivity (Wildman–Crippen MR) is 108 cm³/mol. The number of benzene rings is 1. The number of carbonyl (C=O) groups is 2. The van der Waals surface area contributed by atoms with Crippen LogP contribution in [0.3, 0.4) is 0 Å². The molecule has 2 N–H and O–H groups in total. The van der Waals surface area contributed by atoms with Crippen molar-refractivity contribution in [3.63, 3.8) is 0 Å². The van der Waals surface area contributed by atoms with Gasteiger partial charge in [-0.15, -0.1) is 11.3 Å². The number of amides is 2. The van der Waals surface area contributed by atoms with Crippen LogP contribution in [0.2, 0.25) is 5.02 Å². The van der Waals surface area contributed by atoms with Crippen LogP contribution in [0, 0.1) is 0 Å². The lowest BCUT2D eigenvalue weighted by molar-refractivity contribution is -0.122.